The van der Waals surface area contributed by atoms with Crippen LogP contribution < -0.4 is 5.32 Å². The molecule has 1 aliphatic rings. The van der Waals surface area contributed by atoms with Crippen LogP contribution in [0.1, 0.15) is 36.0 Å². The molecule has 2 unspecified atom stereocenters. The molecule has 19 heavy (non-hydrogen) atoms. The monoisotopic (exact) mass is 269 g/mol. The number of nitrogens with one attached hydrogen (secondary N) is 1. The number of hydrogen-bond acceptors (Lipinski definition) is 2. The Labute approximate surface area is 110 Å². The fraction of sp³-hybridized carbons (Fsp3) is 0.500. The van der Waals surface area contributed by atoms with Crippen LogP contribution in [0.15, 0.2) is 18.2 Å². The lowest BCUT2D eigenvalue weighted by molar-refractivity contribution is 0.0868. The van der Waals surface area contributed by atoms with E-state index in [1.807, 2.05) is 0 Å². The second kappa shape index (κ2) is 6.10. The molecule has 0 saturated heterocycles. The zero-order valence-electron chi connectivity index (χ0n) is 10.5. The number of amides is 1. The van der Waals surface area contributed by atoms with Crippen molar-refractivity contribution in [3.63, 3.8) is 0 Å². The largest absolute Gasteiger partial charge is 0.396 e. The van der Waals surface area contributed by atoms with Crippen molar-refractivity contribution < 1.29 is 18.7 Å². The van der Waals surface area contributed by atoms with Crippen molar-refractivity contribution in [2.24, 2.45) is 5.92 Å². The highest BCUT2D eigenvalue weighted by molar-refractivity contribution is 5.94. The summed E-state index contributed by atoms with van der Waals surface area (Å²) >= 11 is 0. The number of halogens is 2. The van der Waals surface area contributed by atoms with Crippen LogP contribution in [0.3, 0.4) is 0 Å². The first-order valence-electron chi connectivity index (χ1n) is 6.48. The third kappa shape index (κ3) is 3.29. The van der Waals surface area contributed by atoms with Crippen LogP contribution in [0.4, 0.5) is 8.78 Å². The molecule has 2 N–H and O–H groups in total. The molecule has 0 heterocycles. The van der Waals surface area contributed by atoms with Crippen LogP contribution in [0.2, 0.25) is 0 Å². The maximum Gasteiger partial charge on any atom is 0.254 e. The molecule has 1 saturated carbocycles. The average molecular weight is 269 g/mol. The molecule has 0 aliphatic heterocycles. The molecule has 0 spiro atoms. The van der Waals surface area contributed by atoms with Crippen LogP contribution in [-0.2, 0) is 0 Å². The van der Waals surface area contributed by atoms with Gasteiger partial charge in [-0.2, -0.15) is 0 Å². The van der Waals surface area contributed by atoms with Crippen molar-refractivity contribution in [2.75, 3.05) is 6.61 Å². The summed E-state index contributed by atoms with van der Waals surface area (Å²) in [5, 5.41) is 12.0. The Morgan fingerprint density at radius 2 is 2.05 bits per heavy atom. The van der Waals surface area contributed by atoms with E-state index in [2.05, 4.69) is 5.32 Å². The molecule has 3 nitrogen and oxygen atoms in total. The van der Waals surface area contributed by atoms with Crippen LogP contribution in [0.5, 0.6) is 0 Å². The van der Waals surface area contributed by atoms with Gasteiger partial charge in [0.1, 0.15) is 11.6 Å². The van der Waals surface area contributed by atoms with Gasteiger partial charge in [-0.3, -0.25) is 4.79 Å². The maximum absolute atomic E-state index is 13.5. The highest BCUT2D eigenvalue weighted by Crippen LogP contribution is 2.24. The van der Waals surface area contributed by atoms with Gasteiger partial charge in [-0.25, -0.2) is 8.78 Å². The van der Waals surface area contributed by atoms with E-state index in [9.17, 15) is 18.7 Å². The van der Waals surface area contributed by atoms with E-state index in [0.717, 1.165) is 43.9 Å². The first-order chi connectivity index (χ1) is 9.11. The molecule has 1 amide bonds. The second-order valence-electron chi connectivity index (χ2n) is 4.93. The van der Waals surface area contributed by atoms with E-state index in [-0.39, 0.29) is 24.1 Å². The SMILES string of the molecule is O=C(NC1CCCCC1CO)c1cc(F)ccc1F. The molecular weight excluding hydrogens is 252 g/mol. The Kier molecular flexibility index (Phi) is 4.47. The van der Waals surface area contributed by atoms with Gasteiger partial charge in [-0.05, 0) is 31.0 Å². The molecule has 104 valence electrons. The lowest BCUT2D eigenvalue weighted by Gasteiger charge is -2.30. The maximum atomic E-state index is 13.5. The summed E-state index contributed by atoms with van der Waals surface area (Å²) in [5.74, 6) is -2.01. The van der Waals surface area contributed by atoms with Gasteiger partial charge in [0.15, 0.2) is 0 Å². The van der Waals surface area contributed by atoms with E-state index in [1.54, 1.807) is 0 Å². The summed E-state index contributed by atoms with van der Waals surface area (Å²) < 4.78 is 26.5. The van der Waals surface area contributed by atoms with Crippen molar-refractivity contribution >= 4 is 5.91 Å². The first kappa shape index (κ1) is 13.9. The lowest BCUT2D eigenvalue weighted by atomic mass is 9.85. The third-order valence-corrected chi connectivity index (χ3v) is 3.63. The average Bonchev–Trinajstić information content (AvgIpc) is 2.42. The Balaban J connectivity index is 2.09. The first-order valence-corrected chi connectivity index (χ1v) is 6.48. The number of hydrogen-bond donors (Lipinski definition) is 2. The highest BCUT2D eigenvalue weighted by atomic mass is 19.1. The van der Waals surface area contributed by atoms with Gasteiger partial charge in [0.25, 0.3) is 5.91 Å². The van der Waals surface area contributed by atoms with Crippen molar-refractivity contribution in [3.8, 4) is 0 Å². The van der Waals surface area contributed by atoms with E-state index in [0.29, 0.717) is 0 Å². The zero-order valence-corrected chi connectivity index (χ0v) is 10.5. The topological polar surface area (TPSA) is 49.3 Å². The van der Waals surface area contributed by atoms with Gasteiger partial charge in [-0.15, -0.1) is 0 Å². The number of benzene rings is 1. The minimum Gasteiger partial charge on any atom is -0.396 e. The molecule has 1 aliphatic carbocycles. The standard InChI is InChI=1S/C14H17F2NO2/c15-10-5-6-12(16)11(7-10)14(19)17-13-4-2-1-3-9(13)8-18/h5-7,9,13,18H,1-4,8H2,(H,17,19). The van der Waals surface area contributed by atoms with E-state index < -0.39 is 17.5 Å². The highest BCUT2D eigenvalue weighted by Gasteiger charge is 2.27. The molecule has 1 aromatic rings. The molecular formula is C14H17F2NO2. The van der Waals surface area contributed by atoms with Crippen LogP contribution >= 0.6 is 0 Å². The van der Waals surface area contributed by atoms with Crippen molar-refractivity contribution in [2.45, 2.75) is 31.7 Å². The molecule has 0 aromatic heterocycles. The van der Waals surface area contributed by atoms with E-state index in [4.69, 9.17) is 0 Å². The number of aliphatic hydroxyl groups excluding tert-OH is 1. The Morgan fingerprint density at radius 3 is 2.79 bits per heavy atom. The number of carbonyl (C=O) groups excluding carboxylic acids is 1. The van der Waals surface area contributed by atoms with Crippen LogP contribution in [-0.4, -0.2) is 23.7 Å². The van der Waals surface area contributed by atoms with Gasteiger partial charge in [0.2, 0.25) is 0 Å². The van der Waals surface area contributed by atoms with Gasteiger partial charge in [-0.1, -0.05) is 12.8 Å². The summed E-state index contributed by atoms with van der Waals surface area (Å²) in [4.78, 5) is 11.9. The van der Waals surface area contributed by atoms with Gasteiger partial charge in [0, 0.05) is 18.6 Å². The molecule has 1 aromatic carbocycles. The summed E-state index contributed by atoms with van der Waals surface area (Å²) in [6.07, 6.45) is 3.58. The second-order valence-corrected chi connectivity index (χ2v) is 4.93. The molecule has 0 radical (unpaired) electrons. The molecule has 5 heteroatoms. The van der Waals surface area contributed by atoms with Crippen molar-refractivity contribution in [1.82, 2.24) is 5.32 Å². The van der Waals surface area contributed by atoms with Gasteiger partial charge < -0.3 is 10.4 Å². The zero-order chi connectivity index (χ0) is 13.8. The van der Waals surface area contributed by atoms with Crippen LogP contribution in [0.25, 0.3) is 0 Å². The van der Waals surface area contributed by atoms with Crippen molar-refractivity contribution in [1.29, 1.82) is 0 Å². The quantitative estimate of drug-likeness (QED) is 0.884. The Morgan fingerprint density at radius 1 is 1.32 bits per heavy atom. The minimum absolute atomic E-state index is 0.00339. The van der Waals surface area contributed by atoms with Gasteiger partial charge in [0.05, 0.1) is 5.56 Å². The predicted octanol–water partition coefficient (Wildman–Crippen LogP) is 2.25. The number of carbonyl (C=O) groups is 1. The summed E-state index contributed by atoms with van der Waals surface area (Å²) in [5.41, 5.74) is -0.290. The van der Waals surface area contributed by atoms with E-state index >= 15 is 0 Å². The van der Waals surface area contributed by atoms with Crippen LogP contribution in [0, 0.1) is 17.6 Å². The Hall–Kier alpha value is -1.49. The normalized spacial score (nSPS) is 23.1. The van der Waals surface area contributed by atoms with Gasteiger partial charge >= 0.3 is 0 Å². The lowest BCUT2D eigenvalue weighted by Crippen LogP contribution is -2.43. The summed E-state index contributed by atoms with van der Waals surface area (Å²) in [6.45, 7) is -0.00339. The number of rotatable bonds is 3. The smallest absolute Gasteiger partial charge is 0.254 e. The summed E-state index contributed by atoms with van der Waals surface area (Å²) in [6, 6.07) is 2.63. The minimum atomic E-state index is -0.741. The molecule has 1 fully saturated rings. The molecule has 0 bridgehead atoms. The molecule has 2 atom stereocenters. The fourth-order valence-corrected chi connectivity index (χ4v) is 2.53. The van der Waals surface area contributed by atoms with Crippen molar-refractivity contribution in [3.05, 3.63) is 35.4 Å². The third-order valence-electron chi connectivity index (χ3n) is 3.63. The fourth-order valence-electron chi connectivity index (χ4n) is 2.53. The molecule has 2 rings (SSSR count). The Bertz CT molecular complexity index is 465. The summed E-state index contributed by atoms with van der Waals surface area (Å²) in [7, 11) is 0. The van der Waals surface area contributed by atoms with E-state index in [1.165, 1.54) is 0 Å². The predicted molar refractivity (Wildman–Crippen MR) is 66.7 cm³/mol. The number of aliphatic hydroxyl groups is 1.